The molecular formula is C30H35F3O8. The van der Waals surface area contributed by atoms with Gasteiger partial charge >= 0.3 is 18.1 Å². The van der Waals surface area contributed by atoms with E-state index in [0.717, 1.165) is 18.9 Å². The van der Waals surface area contributed by atoms with E-state index in [-0.39, 0.29) is 60.2 Å². The molecule has 0 saturated heterocycles. The quantitative estimate of drug-likeness (QED) is 0.152. The van der Waals surface area contributed by atoms with E-state index in [1.807, 2.05) is 6.92 Å². The monoisotopic (exact) mass is 580 g/mol. The number of carbonyl (C=O) groups excluding carboxylic acids is 2. The number of alkyl halides is 3. The fraction of sp³-hybridized carbons (Fsp3) is 0.400. The number of aliphatic hydroxyl groups excluding tert-OH is 2. The van der Waals surface area contributed by atoms with Crippen molar-refractivity contribution in [2.75, 3.05) is 39.6 Å². The number of carbonyl (C=O) groups is 2. The van der Waals surface area contributed by atoms with E-state index < -0.39 is 36.9 Å². The topological polar surface area (TPSA) is 112 Å². The third kappa shape index (κ3) is 10.9. The molecular weight excluding hydrogens is 545 g/mol. The van der Waals surface area contributed by atoms with Gasteiger partial charge in [-0.3, -0.25) is 0 Å². The Bertz CT molecular complexity index is 1150. The highest BCUT2D eigenvalue weighted by Crippen LogP contribution is 2.37. The zero-order valence-corrected chi connectivity index (χ0v) is 22.9. The molecule has 0 bridgehead atoms. The summed E-state index contributed by atoms with van der Waals surface area (Å²) < 4.78 is 63.0. The fourth-order valence-electron chi connectivity index (χ4n) is 3.63. The Kier molecular flexibility index (Phi) is 13.4. The summed E-state index contributed by atoms with van der Waals surface area (Å²) in [6.45, 7) is 7.07. The lowest BCUT2D eigenvalue weighted by molar-refractivity contribution is -0.141. The number of hydrogen-bond donors (Lipinski definition) is 2. The van der Waals surface area contributed by atoms with E-state index in [2.05, 4.69) is 13.2 Å². The van der Waals surface area contributed by atoms with Crippen molar-refractivity contribution in [1.82, 2.24) is 0 Å². The molecule has 0 heterocycles. The molecule has 0 atom stereocenters. The lowest BCUT2D eigenvalue weighted by atomic mass is 9.95. The summed E-state index contributed by atoms with van der Waals surface area (Å²) in [5.74, 6) is -1.13. The van der Waals surface area contributed by atoms with E-state index >= 15 is 0 Å². The molecule has 0 radical (unpaired) electrons. The maximum absolute atomic E-state index is 13.9. The molecule has 2 aromatic carbocycles. The van der Waals surface area contributed by atoms with Crippen LogP contribution in [0.15, 0.2) is 60.7 Å². The van der Waals surface area contributed by atoms with Gasteiger partial charge < -0.3 is 29.2 Å². The summed E-state index contributed by atoms with van der Waals surface area (Å²) in [6, 6.07) is 8.70. The van der Waals surface area contributed by atoms with E-state index in [1.54, 1.807) is 6.07 Å². The van der Waals surface area contributed by atoms with Crippen LogP contribution in [0.4, 0.5) is 13.2 Å². The molecule has 0 amide bonds. The van der Waals surface area contributed by atoms with Gasteiger partial charge in [0.1, 0.15) is 37.9 Å². The summed E-state index contributed by atoms with van der Waals surface area (Å²) in [5.41, 5.74) is -0.0835. The molecule has 41 heavy (non-hydrogen) atoms. The zero-order chi connectivity index (χ0) is 30.4. The van der Waals surface area contributed by atoms with Crippen molar-refractivity contribution < 1.29 is 51.9 Å². The van der Waals surface area contributed by atoms with Crippen LogP contribution in [0.5, 0.6) is 11.5 Å². The predicted molar refractivity (Wildman–Crippen MR) is 145 cm³/mol. The first-order chi connectivity index (χ1) is 19.5. The standard InChI is InChI=1S/C30H35F3O8/c1-4-5-6-7-22-8-9-23(16-27(22)30(31,32)33)24-14-25(38-10-12-40-28(36)20(2)18-34)17-26(15-24)39-11-13-41-29(37)21(3)19-35/h8-9,14-17,34-35H,2-7,10-13,18-19H2,1H3. The van der Waals surface area contributed by atoms with Gasteiger partial charge in [0.2, 0.25) is 0 Å². The van der Waals surface area contributed by atoms with Gasteiger partial charge in [0.25, 0.3) is 0 Å². The number of ether oxygens (including phenoxy) is 4. The van der Waals surface area contributed by atoms with Crippen molar-refractivity contribution in [1.29, 1.82) is 0 Å². The minimum absolute atomic E-state index is 0.0988. The molecule has 0 aromatic heterocycles. The first-order valence-corrected chi connectivity index (χ1v) is 13.0. The second kappa shape index (κ2) is 16.4. The van der Waals surface area contributed by atoms with E-state index in [9.17, 15) is 22.8 Å². The summed E-state index contributed by atoms with van der Waals surface area (Å²) in [6.07, 6.45) is -1.88. The molecule has 2 rings (SSSR count). The van der Waals surface area contributed by atoms with Gasteiger partial charge in [-0.05, 0) is 47.7 Å². The molecule has 0 saturated carbocycles. The Morgan fingerprint density at radius 3 is 1.78 bits per heavy atom. The number of hydrogen-bond acceptors (Lipinski definition) is 8. The molecule has 0 fully saturated rings. The highest BCUT2D eigenvalue weighted by atomic mass is 19.4. The third-order valence-corrected chi connectivity index (χ3v) is 5.81. The first kappa shape index (κ1) is 33.4. The van der Waals surface area contributed by atoms with Gasteiger partial charge in [-0.1, -0.05) is 45.1 Å². The maximum Gasteiger partial charge on any atom is 0.416 e. The largest absolute Gasteiger partial charge is 0.490 e. The van der Waals surface area contributed by atoms with Crippen molar-refractivity contribution in [3.05, 3.63) is 71.8 Å². The Morgan fingerprint density at radius 2 is 1.32 bits per heavy atom. The summed E-state index contributed by atoms with van der Waals surface area (Å²) in [5, 5.41) is 17.9. The molecule has 224 valence electrons. The Morgan fingerprint density at radius 1 is 0.780 bits per heavy atom. The predicted octanol–water partition coefficient (Wildman–Crippen LogP) is 5.05. The molecule has 2 aromatic rings. The Hall–Kier alpha value is -3.83. The van der Waals surface area contributed by atoms with Crippen LogP contribution >= 0.6 is 0 Å². The van der Waals surface area contributed by atoms with Crippen LogP contribution in [0.25, 0.3) is 11.1 Å². The lowest BCUT2D eigenvalue weighted by Crippen LogP contribution is -2.15. The normalized spacial score (nSPS) is 11.1. The van der Waals surface area contributed by atoms with Gasteiger partial charge in [0.05, 0.1) is 29.9 Å². The van der Waals surface area contributed by atoms with E-state index in [4.69, 9.17) is 29.2 Å². The summed E-state index contributed by atoms with van der Waals surface area (Å²) in [7, 11) is 0. The highest BCUT2D eigenvalue weighted by molar-refractivity contribution is 5.88. The SMILES string of the molecule is C=C(CO)C(=O)OCCOc1cc(OCCOC(=O)C(=C)CO)cc(-c2ccc(CCCCC)c(C(F)(F)F)c2)c1. The Labute approximate surface area is 237 Å². The summed E-state index contributed by atoms with van der Waals surface area (Å²) in [4.78, 5) is 23.3. The first-order valence-electron chi connectivity index (χ1n) is 13.0. The van der Waals surface area contributed by atoms with Crippen molar-refractivity contribution in [3.8, 4) is 22.6 Å². The number of aliphatic hydroxyl groups is 2. The minimum atomic E-state index is -4.55. The third-order valence-electron chi connectivity index (χ3n) is 5.81. The average Bonchev–Trinajstić information content (AvgIpc) is 2.96. The van der Waals surface area contributed by atoms with Gasteiger partial charge in [-0.25, -0.2) is 9.59 Å². The molecule has 0 aliphatic heterocycles. The number of esters is 2. The smallest absolute Gasteiger partial charge is 0.416 e. The molecule has 2 N–H and O–H groups in total. The second-order valence-electron chi connectivity index (χ2n) is 9.01. The van der Waals surface area contributed by atoms with Gasteiger partial charge in [-0.2, -0.15) is 13.2 Å². The zero-order valence-electron chi connectivity index (χ0n) is 22.9. The maximum atomic E-state index is 13.9. The van der Waals surface area contributed by atoms with Crippen LogP contribution in [-0.4, -0.2) is 61.8 Å². The number of aryl methyl sites for hydroxylation is 1. The van der Waals surface area contributed by atoms with Crippen molar-refractivity contribution in [2.24, 2.45) is 0 Å². The van der Waals surface area contributed by atoms with Crippen molar-refractivity contribution in [2.45, 2.75) is 38.8 Å². The van der Waals surface area contributed by atoms with Crippen LogP contribution in [0.3, 0.4) is 0 Å². The average molecular weight is 581 g/mol. The van der Waals surface area contributed by atoms with Crippen LogP contribution in [0, 0.1) is 0 Å². The highest BCUT2D eigenvalue weighted by Gasteiger charge is 2.33. The summed E-state index contributed by atoms with van der Waals surface area (Å²) >= 11 is 0. The van der Waals surface area contributed by atoms with Gasteiger partial charge in [0.15, 0.2) is 0 Å². The molecule has 0 aliphatic rings. The number of benzene rings is 2. The Balaban J connectivity index is 2.29. The van der Waals surface area contributed by atoms with E-state index in [1.165, 1.54) is 24.3 Å². The second-order valence-corrected chi connectivity index (χ2v) is 9.01. The van der Waals surface area contributed by atoms with E-state index in [0.29, 0.717) is 18.4 Å². The van der Waals surface area contributed by atoms with Crippen LogP contribution in [-0.2, 0) is 31.7 Å². The van der Waals surface area contributed by atoms with Crippen LogP contribution in [0.1, 0.15) is 37.3 Å². The molecule has 0 unspecified atom stereocenters. The number of unbranched alkanes of at least 4 members (excludes halogenated alkanes) is 2. The van der Waals surface area contributed by atoms with Gasteiger partial charge in [0, 0.05) is 6.07 Å². The van der Waals surface area contributed by atoms with Crippen LogP contribution < -0.4 is 9.47 Å². The minimum Gasteiger partial charge on any atom is -0.490 e. The number of rotatable bonds is 17. The molecule has 0 aliphatic carbocycles. The molecule has 11 heteroatoms. The fourth-order valence-corrected chi connectivity index (χ4v) is 3.63. The van der Waals surface area contributed by atoms with Crippen LogP contribution in [0.2, 0.25) is 0 Å². The van der Waals surface area contributed by atoms with Crippen molar-refractivity contribution >= 4 is 11.9 Å². The molecule has 0 spiro atoms. The lowest BCUT2D eigenvalue weighted by Gasteiger charge is -2.16. The number of halogens is 3. The van der Waals surface area contributed by atoms with Gasteiger partial charge in [-0.15, -0.1) is 0 Å². The van der Waals surface area contributed by atoms with Crippen molar-refractivity contribution in [3.63, 3.8) is 0 Å². The molecule has 8 nitrogen and oxygen atoms in total.